The van der Waals surface area contributed by atoms with Crippen LogP contribution >= 0.6 is 0 Å². The Labute approximate surface area is 183 Å². The van der Waals surface area contributed by atoms with E-state index >= 15 is 0 Å². The minimum atomic E-state index is -1.99. The third kappa shape index (κ3) is 7.61. The first-order valence-corrected chi connectivity index (χ1v) is 13.6. The zero-order valence-electron chi connectivity index (χ0n) is 20.8. The van der Waals surface area contributed by atoms with Crippen LogP contribution in [0, 0.1) is 5.92 Å². The van der Waals surface area contributed by atoms with Crippen molar-refractivity contribution >= 4 is 20.3 Å². The van der Waals surface area contributed by atoms with Gasteiger partial charge in [0.1, 0.15) is 12.1 Å². The maximum atomic E-state index is 13.0. The summed E-state index contributed by atoms with van der Waals surface area (Å²) in [6.45, 7) is 18.2. The molecule has 1 rings (SSSR count). The molecule has 0 aliphatic heterocycles. The second-order valence-corrected chi connectivity index (χ2v) is 15.4. The monoisotopic (exact) mass is 442 g/mol. The van der Waals surface area contributed by atoms with Gasteiger partial charge in [0, 0.05) is 7.05 Å². The van der Waals surface area contributed by atoms with Crippen LogP contribution in [0.4, 0.5) is 4.79 Å². The van der Waals surface area contributed by atoms with E-state index in [2.05, 4.69) is 33.9 Å². The summed E-state index contributed by atoms with van der Waals surface area (Å²) in [6, 6.07) is -0.327. The Balaban J connectivity index is 3.19. The molecule has 0 heterocycles. The number of ether oxygens (including phenoxy) is 1. The molecule has 1 saturated carbocycles. The van der Waals surface area contributed by atoms with Crippen LogP contribution in [0.15, 0.2) is 11.8 Å². The van der Waals surface area contributed by atoms with Gasteiger partial charge in [-0.3, -0.25) is 14.5 Å². The average molecular weight is 443 g/mol. The number of carbonyl (C=O) groups is 2. The largest absolute Gasteiger partial charge is 0.549 e. The normalized spacial score (nSPS) is 16.7. The Kier molecular flexibility index (Phi) is 8.59. The Morgan fingerprint density at radius 3 is 2.07 bits per heavy atom. The molecule has 0 bridgehead atoms. The van der Waals surface area contributed by atoms with Gasteiger partial charge in [-0.1, -0.05) is 20.8 Å². The quantitative estimate of drug-likeness (QED) is 0.302. The van der Waals surface area contributed by atoms with E-state index in [-0.39, 0.29) is 23.5 Å². The molecule has 2 amide bonds. The minimum Gasteiger partial charge on any atom is -0.549 e. The number of likely N-dealkylation sites (N-methyl/N-ethyl adjacent to an activating group) is 1. The fourth-order valence-corrected chi connectivity index (χ4v) is 3.34. The highest BCUT2D eigenvalue weighted by Gasteiger charge is 2.40. The summed E-state index contributed by atoms with van der Waals surface area (Å²) >= 11 is 0. The molecule has 0 aromatic rings. The highest BCUT2D eigenvalue weighted by Crippen LogP contribution is 2.42. The Morgan fingerprint density at radius 2 is 1.67 bits per heavy atom. The van der Waals surface area contributed by atoms with Crippen LogP contribution in [0.5, 0.6) is 0 Å². The first kappa shape index (κ1) is 26.5. The molecule has 1 fully saturated rings. The number of amides is 2. The molecular formula is C22H42N2O5Si. The molecule has 0 aromatic carbocycles. The predicted molar refractivity (Wildman–Crippen MR) is 121 cm³/mol. The van der Waals surface area contributed by atoms with E-state index in [9.17, 15) is 9.59 Å². The van der Waals surface area contributed by atoms with Crippen molar-refractivity contribution in [1.29, 1.82) is 0 Å². The molecule has 1 aliphatic carbocycles. The fraction of sp³-hybridized carbons (Fsp3) is 0.818. The van der Waals surface area contributed by atoms with Crippen molar-refractivity contribution in [3.63, 3.8) is 0 Å². The van der Waals surface area contributed by atoms with E-state index in [4.69, 9.17) is 14.0 Å². The Hall–Kier alpha value is -1.54. The molecule has 174 valence electrons. The van der Waals surface area contributed by atoms with Crippen LogP contribution in [-0.4, -0.2) is 62.6 Å². The average Bonchev–Trinajstić information content (AvgIpc) is 3.40. The summed E-state index contributed by atoms with van der Waals surface area (Å²) in [4.78, 5) is 32.0. The topological polar surface area (TPSA) is 68.3 Å². The van der Waals surface area contributed by atoms with Gasteiger partial charge in [0.25, 0.3) is 5.91 Å². The SMILES string of the molecule is CON(C)C(=O)CN(C(=O)OC(C)(C)C)C(C)C(=CO[Si](C)(C)C(C)(C)C)C1CC1. The molecule has 8 heteroatoms. The minimum absolute atomic E-state index is 0.0728. The molecule has 0 N–H and O–H groups in total. The number of carbonyl (C=O) groups excluding carboxylic acids is 2. The first-order chi connectivity index (χ1) is 13.5. The highest BCUT2D eigenvalue weighted by molar-refractivity contribution is 6.74. The van der Waals surface area contributed by atoms with E-state index in [1.54, 1.807) is 0 Å². The third-order valence-corrected chi connectivity index (χ3v) is 10.2. The summed E-state index contributed by atoms with van der Waals surface area (Å²) in [5.74, 6) is 0.0423. The Morgan fingerprint density at radius 1 is 1.13 bits per heavy atom. The van der Waals surface area contributed by atoms with Crippen molar-refractivity contribution in [1.82, 2.24) is 9.96 Å². The second kappa shape index (κ2) is 9.72. The Bertz CT molecular complexity index is 645. The molecular weight excluding hydrogens is 400 g/mol. The van der Waals surface area contributed by atoms with Gasteiger partial charge in [-0.25, -0.2) is 9.86 Å². The van der Waals surface area contributed by atoms with Crippen LogP contribution in [0.2, 0.25) is 18.1 Å². The number of nitrogens with zero attached hydrogens (tertiary/aromatic N) is 2. The van der Waals surface area contributed by atoms with E-state index in [0.717, 1.165) is 23.5 Å². The maximum absolute atomic E-state index is 13.0. The lowest BCUT2D eigenvalue weighted by Gasteiger charge is -2.37. The summed E-state index contributed by atoms with van der Waals surface area (Å²) in [6.07, 6.45) is 3.46. The maximum Gasteiger partial charge on any atom is 0.411 e. The van der Waals surface area contributed by atoms with Crippen molar-refractivity contribution in [3.8, 4) is 0 Å². The van der Waals surface area contributed by atoms with Gasteiger partial charge in [0.2, 0.25) is 8.32 Å². The fourth-order valence-electron chi connectivity index (χ4n) is 2.55. The van der Waals surface area contributed by atoms with E-state index in [0.29, 0.717) is 5.92 Å². The van der Waals surface area contributed by atoms with Crippen LogP contribution in [0.25, 0.3) is 0 Å². The van der Waals surface area contributed by atoms with Gasteiger partial charge in [0.15, 0.2) is 0 Å². The molecule has 0 spiro atoms. The molecule has 0 radical (unpaired) electrons. The second-order valence-electron chi connectivity index (χ2n) is 10.6. The van der Waals surface area contributed by atoms with Gasteiger partial charge in [-0.05, 0) is 70.2 Å². The van der Waals surface area contributed by atoms with Crippen LogP contribution in [0.3, 0.4) is 0 Å². The van der Waals surface area contributed by atoms with Gasteiger partial charge in [-0.15, -0.1) is 0 Å². The lowest BCUT2D eigenvalue weighted by molar-refractivity contribution is -0.169. The van der Waals surface area contributed by atoms with Gasteiger partial charge >= 0.3 is 6.09 Å². The first-order valence-electron chi connectivity index (χ1n) is 10.7. The van der Waals surface area contributed by atoms with Crippen LogP contribution < -0.4 is 0 Å². The zero-order valence-corrected chi connectivity index (χ0v) is 21.8. The molecule has 0 aromatic heterocycles. The summed E-state index contributed by atoms with van der Waals surface area (Å²) in [7, 11) is 0.951. The molecule has 7 nitrogen and oxygen atoms in total. The highest BCUT2D eigenvalue weighted by atomic mass is 28.4. The molecule has 30 heavy (non-hydrogen) atoms. The van der Waals surface area contributed by atoms with Crippen molar-refractivity contribution in [2.45, 2.75) is 91.1 Å². The number of rotatable bonds is 8. The smallest absolute Gasteiger partial charge is 0.411 e. The molecule has 1 atom stereocenters. The van der Waals surface area contributed by atoms with E-state index < -0.39 is 20.0 Å². The van der Waals surface area contributed by atoms with Crippen LogP contribution in [0.1, 0.15) is 61.3 Å². The predicted octanol–water partition coefficient (Wildman–Crippen LogP) is 4.95. The lowest BCUT2D eigenvalue weighted by atomic mass is 10.0. The number of hydrogen-bond acceptors (Lipinski definition) is 5. The molecule has 1 aliphatic rings. The van der Waals surface area contributed by atoms with Crippen molar-refractivity contribution in [2.24, 2.45) is 5.92 Å². The molecule has 0 saturated heterocycles. The van der Waals surface area contributed by atoms with Crippen molar-refractivity contribution < 1.29 is 23.6 Å². The number of hydroxylamine groups is 2. The lowest BCUT2D eigenvalue weighted by Crippen LogP contribution is -2.48. The van der Waals surface area contributed by atoms with Crippen molar-refractivity contribution in [3.05, 3.63) is 11.8 Å². The zero-order chi connectivity index (χ0) is 23.5. The van der Waals surface area contributed by atoms with Crippen molar-refractivity contribution in [2.75, 3.05) is 20.7 Å². The third-order valence-electron chi connectivity index (χ3n) is 5.85. The van der Waals surface area contributed by atoms with Gasteiger partial charge < -0.3 is 9.16 Å². The van der Waals surface area contributed by atoms with E-state index in [1.165, 1.54) is 19.1 Å². The standard InChI is InChI=1S/C22H42N2O5Si/c1-16(18(17-12-13-17)15-28-30(10,11)22(5,6)7)24(14-19(25)23(8)27-9)20(26)29-21(2,3)4/h15-17H,12-14H2,1-11H3. The number of hydrogen-bond donors (Lipinski definition) is 0. The van der Waals surface area contributed by atoms with Gasteiger partial charge in [-0.2, -0.15) is 0 Å². The molecule has 1 unspecified atom stereocenters. The summed E-state index contributed by atoms with van der Waals surface area (Å²) in [5.41, 5.74) is 0.380. The summed E-state index contributed by atoms with van der Waals surface area (Å²) in [5, 5.41) is 1.19. The summed E-state index contributed by atoms with van der Waals surface area (Å²) < 4.78 is 12.0. The van der Waals surface area contributed by atoms with Gasteiger partial charge in [0.05, 0.1) is 19.4 Å². The van der Waals surface area contributed by atoms with E-state index in [1.807, 2.05) is 34.0 Å². The van der Waals surface area contributed by atoms with Crippen LogP contribution in [-0.2, 0) is 18.8 Å².